The van der Waals surface area contributed by atoms with Crippen molar-refractivity contribution in [3.8, 4) is 0 Å². The summed E-state index contributed by atoms with van der Waals surface area (Å²) < 4.78 is 5.06. The van der Waals surface area contributed by atoms with Crippen molar-refractivity contribution in [3.05, 3.63) is 35.4 Å². The maximum atomic E-state index is 12.3. The molecule has 1 aliphatic heterocycles. The van der Waals surface area contributed by atoms with Crippen LogP contribution in [0.2, 0.25) is 0 Å². The largest absolute Gasteiger partial charge is 0.393 e. The molecule has 1 amide bonds. The number of carbonyl (C=O) groups is 1. The molecule has 1 heterocycles. The normalized spacial score (nSPS) is 16.9. The van der Waals surface area contributed by atoms with Crippen LogP contribution in [0.25, 0.3) is 0 Å². The van der Waals surface area contributed by atoms with E-state index < -0.39 is 0 Å². The molecule has 0 atom stereocenters. The lowest BCUT2D eigenvalue weighted by molar-refractivity contribution is 0.0546. The van der Waals surface area contributed by atoms with Crippen LogP contribution in [0, 0.1) is 0 Å². The first-order chi connectivity index (χ1) is 8.70. The van der Waals surface area contributed by atoms with Gasteiger partial charge in [-0.05, 0) is 30.5 Å². The zero-order valence-corrected chi connectivity index (χ0v) is 10.6. The van der Waals surface area contributed by atoms with Gasteiger partial charge >= 0.3 is 0 Å². The topological polar surface area (TPSA) is 49.8 Å². The number of hydrogen-bond donors (Lipinski definition) is 1. The number of aliphatic hydroxyl groups is 1. The second kappa shape index (κ2) is 5.98. The molecule has 0 radical (unpaired) electrons. The van der Waals surface area contributed by atoms with Gasteiger partial charge in [0.1, 0.15) is 0 Å². The lowest BCUT2D eigenvalue weighted by Gasteiger charge is -2.29. The molecule has 1 aromatic rings. The minimum atomic E-state index is -0.256. The minimum Gasteiger partial charge on any atom is -0.393 e. The van der Waals surface area contributed by atoms with Crippen molar-refractivity contribution in [2.45, 2.75) is 25.6 Å². The van der Waals surface area contributed by atoms with Gasteiger partial charge < -0.3 is 14.7 Å². The van der Waals surface area contributed by atoms with Crippen LogP contribution in [0.1, 0.15) is 28.8 Å². The average molecular weight is 249 g/mol. The molecule has 0 saturated carbocycles. The maximum Gasteiger partial charge on any atom is 0.253 e. The smallest absolute Gasteiger partial charge is 0.253 e. The Morgan fingerprint density at radius 3 is 2.83 bits per heavy atom. The predicted molar refractivity (Wildman–Crippen MR) is 68.3 cm³/mol. The second-order valence-corrected chi connectivity index (χ2v) is 4.66. The first-order valence-electron chi connectivity index (χ1n) is 6.26. The second-order valence-electron chi connectivity index (χ2n) is 4.66. The Bertz CT molecular complexity index is 411. The number of piperidine rings is 1. The van der Waals surface area contributed by atoms with Gasteiger partial charge in [-0.1, -0.05) is 12.1 Å². The fourth-order valence-corrected chi connectivity index (χ4v) is 2.21. The summed E-state index contributed by atoms with van der Waals surface area (Å²) in [6.07, 6.45) is 1.08. The molecule has 1 aromatic carbocycles. The summed E-state index contributed by atoms with van der Waals surface area (Å²) in [6.45, 7) is 1.78. The Kier molecular flexibility index (Phi) is 4.33. The fourth-order valence-electron chi connectivity index (χ4n) is 2.21. The number of nitrogens with zero attached hydrogens (tertiary/aromatic N) is 1. The van der Waals surface area contributed by atoms with Crippen molar-refractivity contribution in [2.24, 2.45) is 0 Å². The van der Waals surface area contributed by atoms with E-state index in [1.807, 2.05) is 24.3 Å². The molecule has 0 aromatic heterocycles. The number of amides is 1. The molecule has 1 aliphatic rings. The molecule has 1 saturated heterocycles. The average Bonchev–Trinajstić information content (AvgIpc) is 2.39. The number of methoxy groups -OCH3 is 1. The zero-order valence-electron chi connectivity index (χ0n) is 10.6. The van der Waals surface area contributed by atoms with E-state index in [1.165, 1.54) is 0 Å². The molecule has 0 bridgehead atoms. The Labute approximate surface area is 107 Å². The van der Waals surface area contributed by atoms with E-state index in [4.69, 9.17) is 4.74 Å². The number of carbonyl (C=O) groups excluding carboxylic acids is 1. The van der Waals surface area contributed by atoms with E-state index in [0.717, 1.165) is 5.56 Å². The van der Waals surface area contributed by atoms with Gasteiger partial charge in [-0.3, -0.25) is 4.79 Å². The van der Waals surface area contributed by atoms with Gasteiger partial charge in [0.15, 0.2) is 0 Å². The third kappa shape index (κ3) is 3.09. The van der Waals surface area contributed by atoms with Crippen LogP contribution in [-0.2, 0) is 11.3 Å². The summed E-state index contributed by atoms with van der Waals surface area (Å²) in [4.78, 5) is 14.1. The first-order valence-corrected chi connectivity index (χ1v) is 6.26. The van der Waals surface area contributed by atoms with Gasteiger partial charge in [0.25, 0.3) is 5.91 Å². The molecule has 2 rings (SSSR count). The van der Waals surface area contributed by atoms with Gasteiger partial charge in [0, 0.05) is 25.8 Å². The Balaban J connectivity index is 2.06. The number of likely N-dealkylation sites (tertiary alicyclic amines) is 1. The summed E-state index contributed by atoms with van der Waals surface area (Å²) in [5.41, 5.74) is 1.70. The molecule has 4 nitrogen and oxygen atoms in total. The SMILES string of the molecule is COCc1cccc(C(=O)N2CCC(O)CC2)c1. The quantitative estimate of drug-likeness (QED) is 0.881. The highest BCUT2D eigenvalue weighted by atomic mass is 16.5. The highest BCUT2D eigenvalue weighted by Crippen LogP contribution is 2.15. The molecule has 0 unspecified atom stereocenters. The van der Waals surface area contributed by atoms with Crippen LogP contribution in [0.15, 0.2) is 24.3 Å². The van der Waals surface area contributed by atoms with Crippen molar-refractivity contribution in [3.63, 3.8) is 0 Å². The highest BCUT2D eigenvalue weighted by molar-refractivity contribution is 5.94. The van der Waals surface area contributed by atoms with Crippen molar-refractivity contribution < 1.29 is 14.6 Å². The number of benzene rings is 1. The van der Waals surface area contributed by atoms with Gasteiger partial charge in [-0.15, -0.1) is 0 Å². The Morgan fingerprint density at radius 2 is 2.17 bits per heavy atom. The van der Waals surface area contributed by atoms with E-state index in [-0.39, 0.29) is 12.0 Å². The number of ether oxygens (including phenoxy) is 1. The Morgan fingerprint density at radius 1 is 1.44 bits per heavy atom. The van der Waals surface area contributed by atoms with Crippen LogP contribution >= 0.6 is 0 Å². The molecule has 98 valence electrons. The molecular weight excluding hydrogens is 230 g/mol. The van der Waals surface area contributed by atoms with Gasteiger partial charge in [-0.25, -0.2) is 0 Å². The first kappa shape index (κ1) is 13.1. The number of rotatable bonds is 3. The summed E-state index contributed by atoms with van der Waals surface area (Å²) in [5, 5.41) is 9.44. The summed E-state index contributed by atoms with van der Waals surface area (Å²) in [7, 11) is 1.64. The monoisotopic (exact) mass is 249 g/mol. The van der Waals surface area contributed by atoms with Gasteiger partial charge in [-0.2, -0.15) is 0 Å². The minimum absolute atomic E-state index is 0.0415. The lowest BCUT2D eigenvalue weighted by Crippen LogP contribution is -2.40. The molecular formula is C14H19NO3. The molecule has 1 N–H and O–H groups in total. The van der Waals surface area contributed by atoms with Crippen molar-refractivity contribution in [2.75, 3.05) is 20.2 Å². The molecule has 0 spiro atoms. The fraction of sp³-hybridized carbons (Fsp3) is 0.500. The number of aliphatic hydroxyl groups excluding tert-OH is 1. The maximum absolute atomic E-state index is 12.3. The third-order valence-electron chi connectivity index (χ3n) is 3.24. The standard InChI is InChI=1S/C14H19NO3/c1-18-10-11-3-2-4-12(9-11)14(17)15-7-5-13(16)6-8-15/h2-4,9,13,16H,5-8,10H2,1H3. The highest BCUT2D eigenvalue weighted by Gasteiger charge is 2.22. The van der Waals surface area contributed by atoms with Crippen molar-refractivity contribution in [1.29, 1.82) is 0 Å². The van der Waals surface area contributed by atoms with E-state index in [2.05, 4.69) is 0 Å². The summed E-state index contributed by atoms with van der Waals surface area (Å²) in [5.74, 6) is 0.0415. The van der Waals surface area contributed by atoms with E-state index >= 15 is 0 Å². The lowest BCUT2D eigenvalue weighted by atomic mass is 10.1. The molecule has 0 aliphatic carbocycles. The van der Waals surface area contributed by atoms with Crippen LogP contribution in [0.5, 0.6) is 0 Å². The summed E-state index contributed by atoms with van der Waals surface area (Å²) >= 11 is 0. The molecule has 18 heavy (non-hydrogen) atoms. The third-order valence-corrected chi connectivity index (χ3v) is 3.24. The van der Waals surface area contributed by atoms with E-state index in [0.29, 0.717) is 38.1 Å². The predicted octanol–water partition coefficient (Wildman–Crippen LogP) is 1.43. The van der Waals surface area contributed by atoms with Crippen LogP contribution in [0.3, 0.4) is 0 Å². The molecule has 1 fully saturated rings. The zero-order chi connectivity index (χ0) is 13.0. The van der Waals surface area contributed by atoms with Gasteiger partial charge in [0.05, 0.1) is 12.7 Å². The van der Waals surface area contributed by atoms with Crippen LogP contribution < -0.4 is 0 Å². The van der Waals surface area contributed by atoms with E-state index in [1.54, 1.807) is 12.0 Å². The summed E-state index contributed by atoms with van der Waals surface area (Å²) in [6, 6.07) is 7.52. The van der Waals surface area contributed by atoms with E-state index in [9.17, 15) is 9.90 Å². The van der Waals surface area contributed by atoms with Crippen LogP contribution in [0.4, 0.5) is 0 Å². The number of hydrogen-bond acceptors (Lipinski definition) is 3. The van der Waals surface area contributed by atoms with Gasteiger partial charge in [0.2, 0.25) is 0 Å². The van der Waals surface area contributed by atoms with Crippen molar-refractivity contribution >= 4 is 5.91 Å². The van der Waals surface area contributed by atoms with Crippen LogP contribution in [-0.4, -0.2) is 42.2 Å². The molecule has 4 heteroatoms. The Hall–Kier alpha value is -1.39. The van der Waals surface area contributed by atoms with Crippen molar-refractivity contribution in [1.82, 2.24) is 4.90 Å².